The molecular formula is C32H40N2O5Si. The number of hydrogen-bond acceptors (Lipinski definition) is 5. The van der Waals surface area contributed by atoms with Crippen molar-refractivity contribution >= 4 is 37.1 Å². The molecule has 0 unspecified atom stereocenters. The molecule has 2 atom stereocenters. The third-order valence-corrected chi connectivity index (χ3v) is 8.91. The van der Waals surface area contributed by atoms with Crippen LogP contribution in [0, 0.1) is 0 Å². The molecule has 1 amide bonds. The van der Waals surface area contributed by atoms with E-state index in [1.807, 2.05) is 54.6 Å². The number of likely N-dealkylation sites (tertiary alicyclic amines) is 1. The summed E-state index contributed by atoms with van der Waals surface area (Å²) in [6.45, 7) is 16.0. The average Bonchev–Trinajstić information content (AvgIpc) is 3.26. The summed E-state index contributed by atoms with van der Waals surface area (Å²) in [5.74, 6) is -0.436. The van der Waals surface area contributed by atoms with Crippen molar-refractivity contribution < 1.29 is 24.2 Å². The van der Waals surface area contributed by atoms with Gasteiger partial charge in [0.05, 0.1) is 17.8 Å². The second kappa shape index (κ2) is 11.1. The van der Waals surface area contributed by atoms with Gasteiger partial charge in [0.2, 0.25) is 0 Å². The van der Waals surface area contributed by atoms with Gasteiger partial charge in [-0.15, -0.1) is 0 Å². The number of ether oxygens (including phenoxy) is 2. The van der Waals surface area contributed by atoms with E-state index in [2.05, 4.69) is 26.2 Å². The Morgan fingerprint density at radius 3 is 2.45 bits per heavy atom. The monoisotopic (exact) mass is 560 g/mol. The molecule has 0 saturated carbocycles. The number of benzene rings is 2. The van der Waals surface area contributed by atoms with Crippen LogP contribution in [0.5, 0.6) is 5.75 Å². The van der Waals surface area contributed by atoms with Crippen molar-refractivity contribution in [2.45, 2.75) is 76.5 Å². The van der Waals surface area contributed by atoms with Crippen LogP contribution in [0.3, 0.4) is 0 Å². The molecule has 1 saturated heterocycles. The number of rotatable bonds is 8. The molecule has 212 valence electrons. The molecule has 2 heterocycles. The summed E-state index contributed by atoms with van der Waals surface area (Å²) < 4.78 is 12.3. The molecule has 1 N–H and O–H groups in total. The highest BCUT2D eigenvalue weighted by molar-refractivity contribution is 6.76. The molecule has 3 aromatic rings. The molecule has 2 aromatic carbocycles. The van der Waals surface area contributed by atoms with Crippen LogP contribution in [-0.4, -0.2) is 58.9 Å². The molecule has 0 radical (unpaired) electrons. The molecule has 40 heavy (non-hydrogen) atoms. The lowest BCUT2D eigenvalue weighted by atomic mass is 9.92. The fourth-order valence-corrected chi connectivity index (χ4v) is 6.24. The Hall–Kier alpha value is -3.65. The van der Waals surface area contributed by atoms with Crippen LogP contribution in [0.1, 0.15) is 39.2 Å². The van der Waals surface area contributed by atoms with Gasteiger partial charge in [-0.25, -0.2) is 14.6 Å². The first-order valence-corrected chi connectivity index (χ1v) is 17.4. The van der Waals surface area contributed by atoms with Gasteiger partial charge in [0, 0.05) is 31.5 Å². The summed E-state index contributed by atoms with van der Waals surface area (Å²) >= 11 is 0. The third-order valence-electron chi connectivity index (χ3n) is 7.16. The highest BCUT2D eigenvalue weighted by atomic mass is 28.3. The minimum absolute atomic E-state index is 0.110. The third kappa shape index (κ3) is 6.55. The van der Waals surface area contributed by atoms with Crippen molar-refractivity contribution in [2.24, 2.45) is 0 Å². The Morgan fingerprint density at radius 2 is 1.85 bits per heavy atom. The number of fused-ring (bicyclic) bond motifs is 1. The van der Waals surface area contributed by atoms with Gasteiger partial charge >= 0.3 is 12.1 Å². The molecule has 8 heteroatoms. The quantitative estimate of drug-likeness (QED) is 0.287. The van der Waals surface area contributed by atoms with Crippen LogP contribution in [0.2, 0.25) is 25.7 Å². The van der Waals surface area contributed by atoms with Crippen LogP contribution in [0.4, 0.5) is 4.79 Å². The summed E-state index contributed by atoms with van der Waals surface area (Å²) in [6, 6.07) is 18.3. The second-order valence-corrected chi connectivity index (χ2v) is 18.4. The van der Waals surface area contributed by atoms with Gasteiger partial charge in [0.25, 0.3) is 0 Å². The van der Waals surface area contributed by atoms with E-state index >= 15 is 0 Å². The van der Waals surface area contributed by atoms with Gasteiger partial charge < -0.3 is 14.6 Å². The molecule has 1 fully saturated rings. The van der Waals surface area contributed by atoms with Crippen molar-refractivity contribution in [2.75, 3.05) is 6.54 Å². The van der Waals surface area contributed by atoms with E-state index in [1.165, 1.54) is 4.90 Å². The van der Waals surface area contributed by atoms with Gasteiger partial charge in [-0.2, -0.15) is 0 Å². The fraction of sp³-hybridized carbons (Fsp3) is 0.406. The lowest BCUT2D eigenvalue weighted by Gasteiger charge is -2.36. The number of carbonyl (C=O) groups excluding carboxylic acids is 1. The van der Waals surface area contributed by atoms with Gasteiger partial charge in [0.1, 0.15) is 23.0 Å². The Bertz CT molecular complexity index is 1410. The Morgan fingerprint density at radius 1 is 1.15 bits per heavy atom. The minimum atomic E-state index is -1.62. The maximum Gasteiger partial charge on any atom is 0.411 e. The number of amides is 1. The fourth-order valence-electron chi connectivity index (χ4n) is 5.08. The maximum absolute atomic E-state index is 13.4. The zero-order valence-corrected chi connectivity index (χ0v) is 25.4. The smallest absolute Gasteiger partial charge is 0.411 e. The number of carbonyl (C=O) groups is 2. The number of pyridine rings is 1. The summed E-state index contributed by atoms with van der Waals surface area (Å²) in [5.41, 5.74) is 1.20. The average molecular weight is 561 g/mol. The van der Waals surface area contributed by atoms with Crippen molar-refractivity contribution in [3.63, 3.8) is 0 Å². The van der Waals surface area contributed by atoms with Gasteiger partial charge in [-0.05, 0) is 44.9 Å². The first kappa shape index (κ1) is 29.3. The van der Waals surface area contributed by atoms with E-state index in [-0.39, 0.29) is 13.0 Å². The first-order chi connectivity index (χ1) is 18.7. The number of aromatic nitrogens is 1. The summed E-state index contributed by atoms with van der Waals surface area (Å²) in [4.78, 5) is 32.6. The number of nitrogens with zero attached hydrogens (tertiary/aromatic N) is 2. The lowest BCUT2D eigenvalue weighted by Crippen LogP contribution is -2.54. The molecule has 0 bridgehead atoms. The van der Waals surface area contributed by atoms with Crippen molar-refractivity contribution in [1.29, 1.82) is 0 Å². The van der Waals surface area contributed by atoms with Crippen LogP contribution < -0.4 is 4.74 Å². The molecule has 1 aliphatic heterocycles. The van der Waals surface area contributed by atoms with Crippen LogP contribution >= 0.6 is 0 Å². The van der Waals surface area contributed by atoms with Crippen molar-refractivity contribution in [1.82, 2.24) is 9.88 Å². The number of aliphatic carboxylic acids is 1. The predicted molar refractivity (Wildman–Crippen MR) is 162 cm³/mol. The Balaban J connectivity index is 1.77. The maximum atomic E-state index is 13.4. The second-order valence-electron chi connectivity index (χ2n) is 12.8. The highest BCUT2D eigenvalue weighted by Gasteiger charge is 2.55. The van der Waals surface area contributed by atoms with Crippen molar-refractivity contribution in [3.8, 4) is 17.0 Å². The SMILES string of the molecule is C=Cc1ccc2nc(-c3ccccc3)cc(O[C@H]3CN(C(=O)OC(C)(C)C)[C@](CC[Si](C)(C)C)(C(=O)O)C3)c2c1. The van der Waals surface area contributed by atoms with E-state index in [9.17, 15) is 14.7 Å². The van der Waals surface area contributed by atoms with Crippen LogP contribution in [-0.2, 0) is 9.53 Å². The van der Waals surface area contributed by atoms with Gasteiger partial charge in [-0.1, -0.05) is 74.7 Å². The summed E-state index contributed by atoms with van der Waals surface area (Å²) in [5, 5.41) is 11.4. The van der Waals surface area contributed by atoms with E-state index in [0.717, 1.165) is 33.8 Å². The van der Waals surface area contributed by atoms with Gasteiger partial charge in [0.15, 0.2) is 0 Å². The molecule has 4 rings (SSSR count). The number of carboxylic acid groups (broad SMARTS) is 1. The first-order valence-electron chi connectivity index (χ1n) is 13.7. The summed E-state index contributed by atoms with van der Waals surface area (Å²) in [7, 11) is -1.62. The van der Waals surface area contributed by atoms with E-state index < -0.39 is 37.4 Å². The van der Waals surface area contributed by atoms with Crippen LogP contribution in [0.25, 0.3) is 28.2 Å². The Kier molecular flexibility index (Phi) is 8.13. The predicted octanol–water partition coefficient (Wildman–Crippen LogP) is 7.48. The molecule has 0 spiro atoms. The van der Waals surface area contributed by atoms with Gasteiger partial charge in [-0.3, -0.25) is 4.90 Å². The molecular weight excluding hydrogens is 520 g/mol. The van der Waals surface area contributed by atoms with Crippen LogP contribution in [0.15, 0.2) is 61.2 Å². The zero-order valence-electron chi connectivity index (χ0n) is 24.4. The normalized spacial score (nSPS) is 19.4. The number of hydrogen-bond donors (Lipinski definition) is 1. The molecule has 1 aliphatic rings. The zero-order chi connectivity index (χ0) is 29.3. The molecule has 7 nitrogen and oxygen atoms in total. The highest BCUT2D eigenvalue weighted by Crippen LogP contribution is 2.40. The lowest BCUT2D eigenvalue weighted by molar-refractivity contribution is -0.149. The topological polar surface area (TPSA) is 89.0 Å². The van der Waals surface area contributed by atoms with E-state index in [1.54, 1.807) is 26.8 Å². The van der Waals surface area contributed by atoms with Crippen molar-refractivity contribution in [3.05, 3.63) is 66.7 Å². The van der Waals surface area contributed by atoms with E-state index in [0.29, 0.717) is 12.2 Å². The van der Waals surface area contributed by atoms with E-state index in [4.69, 9.17) is 14.5 Å². The Labute approximate surface area is 237 Å². The largest absolute Gasteiger partial charge is 0.488 e. The molecule has 0 aliphatic carbocycles. The standard InChI is InChI=1S/C32H40N2O5Si/c1-8-22-14-15-26-25(18-22)28(19-27(33-26)23-12-10-9-11-13-23)38-24-20-32(29(35)36,16-17-40(5,6)7)34(21-24)30(37)39-31(2,3)4/h8-15,18-19,24H,1,16-17,20-21H2,2-7H3,(H,35,36)/t24-,32+/m1/s1. The molecule has 1 aromatic heterocycles. The summed E-state index contributed by atoms with van der Waals surface area (Å²) in [6.07, 6.45) is 1.10. The minimum Gasteiger partial charge on any atom is -0.488 e. The number of carboxylic acids is 1.